The first kappa shape index (κ1) is 20.4. The summed E-state index contributed by atoms with van der Waals surface area (Å²) in [6.45, 7) is 3.64. The zero-order valence-electron chi connectivity index (χ0n) is 16.4. The number of urea groups is 1. The van der Waals surface area contributed by atoms with Crippen LogP contribution in [-0.2, 0) is 14.6 Å². The number of nitrogens with zero attached hydrogens (tertiary/aromatic N) is 2. The number of sulfone groups is 1. The normalized spacial score (nSPS) is 26.7. The van der Waals surface area contributed by atoms with Crippen LogP contribution in [-0.4, -0.2) is 73.4 Å². The average Bonchev–Trinajstić information content (AvgIpc) is 3.02. The lowest BCUT2D eigenvalue weighted by Gasteiger charge is -2.36. The molecule has 1 saturated carbocycles. The lowest BCUT2D eigenvalue weighted by atomic mass is 9.94. The number of carbonyl (C=O) groups is 2. The van der Waals surface area contributed by atoms with E-state index in [1.54, 1.807) is 4.90 Å². The molecule has 1 unspecified atom stereocenters. The van der Waals surface area contributed by atoms with Crippen molar-refractivity contribution < 1.29 is 18.0 Å². The summed E-state index contributed by atoms with van der Waals surface area (Å²) in [7, 11) is -3.00. The fourth-order valence-electron chi connectivity index (χ4n) is 4.69. The molecule has 27 heavy (non-hydrogen) atoms. The molecular weight excluding hydrogens is 366 g/mol. The molecule has 2 saturated heterocycles. The molecule has 0 aromatic carbocycles. The molecule has 0 aromatic heterocycles. The molecule has 2 heterocycles. The Morgan fingerprint density at radius 1 is 1.04 bits per heavy atom. The summed E-state index contributed by atoms with van der Waals surface area (Å²) in [6.07, 6.45) is 7.63. The predicted octanol–water partition coefficient (Wildman–Crippen LogP) is 1.78. The van der Waals surface area contributed by atoms with Gasteiger partial charge in [0.2, 0.25) is 5.91 Å². The lowest BCUT2D eigenvalue weighted by molar-refractivity contribution is -0.138. The van der Waals surface area contributed by atoms with Crippen molar-refractivity contribution in [2.45, 2.75) is 70.4 Å². The molecule has 1 aliphatic carbocycles. The minimum atomic E-state index is -3.00. The molecular formula is C19H33N3O4S. The first-order chi connectivity index (χ1) is 12.9. The Balaban J connectivity index is 1.48. The molecule has 3 aliphatic rings. The van der Waals surface area contributed by atoms with Crippen LogP contribution in [0.3, 0.4) is 0 Å². The van der Waals surface area contributed by atoms with Gasteiger partial charge in [0.05, 0.1) is 11.5 Å². The van der Waals surface area contributed by atoms with E-state index in [1.165, 1.54) is 19.3 Å². The quantitative estimate of drug-likeness (QED) is 0.781. The molecule has 2 aliphatic heterocycles. The van der Waals surface area contributed by atoms with E-state index in [1.807, 2.05) is 11.8 Å². The average molecular weight is 400 g/mol. The number of hydrogen-bond donors (Lipinski definition) is 1. The van der Waals surface area contributed by atoms with E-state index in [2.05, 4.69) is 5.32 Å². The summed E-state index contributed by atoms with van der Waals surface area (Å²) in [5.41, 5.74) is 0. The molecule has 0 bridgehead atoms. The van der Waals surface area contributed by atoms with Crippen molar-refractivity contribution in [3.8, 4) is 0 Å². The highest BCUT2D eigenvalue weighted by molar-refractivity contribution is 7.91. The molecule has 3 amide bonds. The number of hydrogen-bond acceptors (Lipinski definition) is 4. The maximum Gasteiger partial charge on any atom is 0.317 e. The molecule has 1 N–H and O–H groups in total. The fraction of sp³-hybridized carbons (Fsp3) is 0.895. The Hall–Kier alpha value is -1.31. The number of amides is 3. The molecule has 3 rings (SSSR count). The first-order valence-corrected chi connectivity index (χ1v) is 12.3. The molecule has 0 spiro atoms. The molecule has 7 nitrogen and oxygen atoms in total. The number of piperidine rings is 1. The lowest BCUT2D eigenvalue weighted by Crippen LogP contribution is -2.51. The summed E-state index contributed by atoms with van der Waals surface area (Å²) >= 11 is 0. The monoisotopic (exact) mass is 399 g/mol. The van der Waals surface area contributed by atoms with E-state index in [-0.39, 0.29) is 35.4 Å². The molecule has 0 aromatic rings. The molecule has 154 valence electrons. The van der Waals surface area contributed by atoms with Gasteiger partial charge >= 0.3 is 6.03 Å². The van der Waals surface area contributed by atoms with Gasteiger partial charge in [0.25, 0.3) is 0 Å². The van der Waals surface area contributed by atoms with Crippen LogP contribution in [0.4, 0.5) is 4.79 Å². The largest absolute Gasteiger partial charge is 0.339 e. The van der Waals surface area contributed by atoms with Crippen LogP contribution in [0.1, 0.15) is 58.3 Å². The molecule has 1 atom stereocenters. The van der Waals surface area contributed by atoms with E-state index < -0.39 is 9.84 Å². The summed E-state index contributed by atoms with van der Waals surface area (Å²) in [6, 6.07) is 0.118. The summed E-state index contributed by atoms with van der Waals surface area (Å²) in [5, 5.41) is 3.15. The third-order valence-corrected chi connectivity index (χ3v) is 8.09. The van der Waals surface area contributed by atoms with Crippen LogP contribution in [0, 0.1) is 5.92 Å². The van der Waals surface area contributed by atoms with Gasteiger partial charge in [-0.25, -0.2) is 13.2 Å². The zero-order valence-corrected chi connectivity index (χ0v) is 17.2. The zero-order chi connectivity index (χ0) is 19.4. The summed E-state index contributed by atoms with van der Waals surface area (Å²) in [5.74, 6) is 0.232. The standard InChI is InChI=1S/C19H33N3O4S/c1-2-22(17-10-13-27(25,26)14-17)18(23)15-8-11-21(12-9-15)19(24)20-16-6-4-3-5-7-16/h15-17H,2-14H2,1H3,(H,20,24). The van der Waals surface area contributed by atoms with E-state index in [4.69, 9.17) is 0 Å². The van der Waals surface area contributed by atoms with Crippen molar-refractivity contribution >= 4 is 21.8 Å². The minimum Gasteiger partial charge on any atom is -0.339 e. The highest BCUT2D eigenvalue weighted by Crippen LogP contribution is 2.25. The second-order valence-electron chi connectivity index (χ2n) is 8.23. The van der Waals surface area contributed by atoms with Crippen molar-refractivity contribution in [2.24, 2.45) is 5.92 Å². The van der Waals surface area contributed by atoms with E-state index in [0.717, 1.165) is 12.8 Å². The predicted molar refractivity (Wildman–Crippen MR) is 104 cm³/mol. The van der Waals surface area contributed by atoms with Crippen LogP contribution in [0.2, 0.25) is 0 Å². The molecule has 0 radical (unpaired) electrons. The SMILES string of the molecule is CCN(C(=O)C1CCN(C(=O)NC2CCCCC2)CC1)C1CCS(=O)(=O)C1. The highest BCUT2D eigenvalue weighted by atomic mass is 32.2. The third kappa shape index (κ3) is 5.15. The van der Waals surface area contributed by atoms with Crippen LogP contribution >= 0.6 is 0 Å². The maximum atomic E-state index is 12.9. The van der Waals surface area contributed by atoms with Gasteiger partial charge in [-0.05, 0) is 39.0 Å². The number of likely N-dealkylation sites (tertiary alicyclic amines) is 1. The second-order valence-corrected chi connectivity index (χ2v) is 10.5. The van der Waals surface area contributed by atoms with Gasteiger partial charge in [-0.2, -0.15) is 0 Å². The van der Waals surface area contributed by atoms with Crippen LogP contribution in [0.25, 0.3) is 0 Å². The van der Waals surface area contributed by atoms with E-state index in [9.17, 15) is 18.0 Å². The Labute approximate surface area is 162 Å². The second kappa shape index (κ2) is 8.80. The topological polar surface area (TPSA) is 86.8 Å². The van der Waals surface area contributed by atoms with Crippen molar-refractivity contribution in [3.05, 3.63) is 0 Å². The first-order valence-electron chi connectivity index (χ1n) is 10.5. The Morgan fingerprint density at radius 3 is 2.26 bits per heavy atom. The van der Waals surface area contributed by atoms with Gasteiger partial charge in [0.1, 0.15) is 0 Å². The summed E-state index contributed by atoms with van der Waals surface area (Å²) in [4.78, 5) is 29.0. The number of nitrogens with one attached hydrogen (secondary N) is 1. The summed E-state index contributed by atoms with van der Waals surface area (Å²) < 4.78 is 23.5. The Bertz CT molecular complexity index is 637. The van der Waals surface area contributed by atoms with Crippen molar-refractivity contribution in [2.75, 3.05) is 31.1 Å². The van der Waals surface area contributed by atoms with Gasteiger partial charge in [-0.15, -0.1) is 0 Å². The molecule has 3 fully saturated rings. The number of rotatable bonds is 4. The van der Waals surface area contributed by atoms with Crippen LogP contribution < -0.4 is 5.32 Å². The smallest absolute Gasteiger partial charge is 0.317 e. The number of carbonyl (C=O) groups excluding carboxylic acids is 2. The van der Waals surface area contributed by atoms with Gasteiger partial charge in [0, 0.05) is 37.6 Å². The minimum absolute atomic E-state index is 0.00188. The highest BCUT2D eigenvalue weighted by Gasteiger charge is 2.37. The Kier molecular flexibility index (Phi) is 6.65. The maximum absolute atomic E-state index is 12.9. The van der Waals surface area contributed by atoms with E-state index in [0.29, 0.717) is 44.9 Å². The molecule has 8 heteroatoms. The van der Waals surface area contributed by atoms with Gasteiger partial charge in [-0.1, -0.05) is 19.3 Å². The van der Waals surface area contributed by atoms with Crippen molar-refractivity contribution in [1.82, 2.24) is 15.1 Å². The van der Waals surface area contributed by atoms with Crippen molar-refractivity contribution in [1.29, 1.82) is 0 Å². The van der Waals surface area contributed by atoms with Crippen molar-refractivity contribution in [3.63, 3.8) is 0 Å². The van der Waals surface area contributed by atoms with Gasteiger partial charge in [-0.3, -0.25) is 4.79 Å². The Morgan fingerprint density at radius 2 is 1.70 bits per heavy atom. The van der Waals surface area contributed by atoms with Crippen LogP contribution in [0.5, 0.6) is 0 Å². The van der Waals surface area contributed by atoms with Gasteiger partial charge < -0.3 is 15.1 Å². The van der Waals surface area contributed by atoms with Gasteiger partial charge in [0.15, 0.2) is 9.84 Å². The van der Waals surface area contributed by atoms with E-state index >= 15 is 0 Å². The third-order valence-electron chi connectivity index (χ3n) is 6.34. The van der Waals surface area contributed by atoms with Crippen LogP contribution in [0.15, 0.2) is 0 Å². The fourth-order valence-corrected chi connectivity index (χ4v) is 6.42.